The maximum absolute atomic E-state index is 12.6. The lowest BCUT2D eigenvalue weighted by molar-refractivity contribution is 0.1000. The van der Waals surface area contributed by atoms with E-state index < -0.39 is 12.0 Å². The number of hydrogen-bond acceptors (Lipinski definition) is 7. The fourth-order valence-corrected chi connectivity index (χ4v) is 4.96. The second kappa shape index (κ2) is 9.98. The molecule has 4 heterocycles. The third kappa shape index (κ3) is 4.51. The summed E-state index contributed by atoms with van der Waals surface area (Å²) in [5.41, 5.74) is 9.08. The predicted molar refractivity (Wildman–Crippen MR) is 134 cm³/mol. The maximum Gasteiger partial charge on any atom is 0.414 e. The molecule has 0 bridgehead atoms. The third-order valence-electron chi connectivity index (χ3n) is 6.94. The summed E-state index contributed by atoms with van der Waals surface area (Å²) in [7, 11) is 1.38. The van der Waals surface area contributed by atoms with Crippen molar-refractivity contribution in [3.8, 4) is 22.8 Å². The Morgan fingerprint density at radius 2 is 1.92 bits per heavy atom. The maximum atomic E-state index is 12.6. The van der Waals surface area contributed by atoms with Crippen LogP contribution in [0.15, 0.2) is 42.9 Å². The zero-order valence-corrected chi connectivity index (χ0v) is 20.4. The van der Waals surface area contributed by atoms with E-state index in [1.165, 1.54) is 13.3 Å². The van der Waals surface area contributed by atoms with Crippen LogP contribution in [0.25, 0.3) is 11.1 Å². The van der Waals surface area contributed by atoms with Crippen LogP contribution in [0.4, 0.5) is 10.5 Å². The van der Waals surface area contributed by atoms with Gasteiger partial charge in [-0.3, -0.25) is 14.4 Å². The van der Waals surface area contributed by atoms with Gasteiger partial charge in [-0.25, -0.2) is 9.78 Å². The van der Waals surface area contributed by atoms with Crippen LogP contribution in [0.1, 0.15) is 48.1 Å². The summed E-state index contributed by atoms with van der Waals surface area (Å²) in [6.45, 7) is 3.95. The second-order valence-electron chi connectivity index (χ2n) is 9.21. The molecule has 2 aliphatic heterocycles. The van der Waals surface area contributed by atoms with Crippen molar-refractivity contribution < 1.29 is 19.1 Å². The van der Waals surface area contributed by atoms with E-state index in [9.17, 15) is 9.59 Å². The van der Waals surface area contributed by atoms with Crippen LogP contribution in [-0.2, 0) is 11.2 Å². The summed E-state index contributed by atoms with van der Waals surface area (Å²) >= 11 is 0. The van der Waals surface area contributed by atoms with Crippen molar-refractivity contribution in [2.24, 2.45) is 5.73 Å². The molecular formula is C26H30N6O4. The number of nitrogens with two attached hydrogens (primary N) is 1. The first-order chi connectivity index (χ1) is 17.5. The van der Waals surface area contributed by atoms with Gasteiger partial charge < -0.3 is 20.5 Å². The first kappa shape index (κ1) is 23.8. The standard InChI is InChI=1S/C26H30N6O4/c1-16-3-5-21-22(32(16)26(34)35-2)7-6-20(18-14-30-31(15-18)19-9-11-28-12-10-19)24(21)36-23-8-4-17(13-29-23)25(27)33/h4,6-8,13-16,19,28H,3,5,9-12H2,1-2H3,(H2,27,33). The summed E-state index contributed by atoms with van der Waals surface area (Å²) < 4.78 is 13.5. The monoisotopic (exact) mass is 490 g/mol. The largest absolute Gasteiger partial charge is 0.452 e. The minimum atomic E-state index is -0.556. The summed E-state index contributed by atoms with van der Waals surface area (Å²) in [6, 6.07) is 7.42. The fourth-order valence-electron chi connectivity index (χ4n) is 4.96. The minimum absolute atomic E-state index is 0.0145. The van der Waals surface area contributed by atoms with Gasteiger partial charge in [0.15, 0.2) is 0 Å². The second-order valence-corrected chi connectivity index (χ2v) is 9.21. The quantitative estimate of drug-likeness (QED) is 0.559. The lowest BCUT2D eigenvalue weighted by atomic mass is 9.92. The van der Waals surface area contributed by atoms with E-state index in [0.29, 0.717) is 23.2 Å². The predicted octanol–water partition coefficient (Wildman–Crippen LogP) is 3.67. The highest BCUT2D eigenvalue weighted by molar-refractivity contribution is 5.93. The number of anilines is 1. The van der Waals surface area contributed by atoms with Crippen LogP contribution in [0.3, 0.4) is 0 Å². The molecule has 2 amide bonds. The first-order valence-corrected chi connectivity index (χ1v) is 12.2. The van der Waals surface area contributed by atoms with Gasteiger partial charge in [-0.05, 0) is 63.9 Å². The molecule has 1 saturated heterocycles. The summed E-state index contributed by atoms with van der Waals surface area (Å²) in [4.78, 5) is 30.1. The van der Waals surface area contributed by atoms with Gasteiger partial charge in [0.25, 0.3) is 0 Å². The van der Waals surface area contributed by atoms with E-state index >= 15 is 0 Å². The molecule has 5 rings (SSSR count). The van der Waals surface area contributed by atoms with Gasteiger partial charge in [-0.1, -0.05) is 0 Å². The highest BCUT2D eigenvalue weighted by atomic mass is 16.5. The number of hydrogen-bond donors (Lipinski definition) is 2. The fraction of sp³-hybridized carbons (Fsp3) is 0.385. The number of nitrogens with one attached hydrogen (secondary N) is 1. The molecule has 1 unspecified atom stereocenters. The normalized spacial score (nSPS) is 17.9. The smallest absolute Gasteiger partial charge is 0.414 e. The number of aromatic nitrogens is 3. The molecule has 188 valence electrons. The van der Waals surface area contributed by atoms with Crippen LogP contribution in [0, 0.1) is 0 Å². The van der Waals surface area contributed by atoms with Gasteiger partial charge in [0.1, 0.15) is 5.75 Å². The Labute approximate surface area is 209 Å². The molecule has 2 aliphatic rings. The molecule has 0 radical (unpaired) electrons. The average molecular weight is 491 g/mol. The van der Waals surface area contributed by atoms with E-state index in [0.717, 1.165) is 61.2 Å². The van der Waals surface area contributed by atoms with E-state index in [1.54, 1.807) is 17.0 Å². The van der Waals surface area contributed by atoms with Gasteiger partial charge in [0.2, 0.25) is 11.8 Å². The van der Waals surface area contributed by atoms with Gasteiger partial charge in [-0.15, -0.1) is 0 Å². The van der Waals surface area contributed by atoms with Gasteiger partial charge >= 0.3 is 6.09 Å². The van der Waals surface area contributed by atoms with E-state index in [2.05, 4.69) is 21.6 Å². The molecule has 10 heteroatoms. The van der Waals surface area contributed by atoms with Crippen LogP contribution in [-0.4, -0.2) is 53.0 Å². The number of fused-ring (bicyclic) bond motifs is 1. The SMILES string of the molecule is COC(=O)N1c2ccc(-c3cnn(C4CCNCC4)c3)c(Oc3ccc(C(N)=O)cn3)c2CCC1C. The molecule has 36 heavy (non-hydrogen) atoms. The van der Waals surface area contributed by atoms with Crippen molar-refractivity contribution in [1.29, 1.82) is 0 Å². The lowest BCUT2D eigenvalue weighted by Gasteiger charge is -2.35. The molecular weight excluding hydrogens is 460 g/mol. The number of primary amides is 1. The zero-order valence-electron chi connectivity index (χ0n) is 20.4. The number of amides is 2. The number of carbonyl (C=O) groups excluding carboxylic acids is 2. The van der Waals surface area contributed by atoms with Crippen molar-refractivity contribution in [3.63, 3.8) is 0 Å². The highest BCUT2D eigenvalue weighted by Crippen LogP contribution is 2.44. The number of piperidine rings is 1. The molecule has 1 atom stereocenters. The van der Waals surface area contributed by atoms with Crippen molar-refractivity contribution in [2.75, 3.05) is 25.1 Å². The Balaban J connectivity index is 1.58. The molecule has 0 aliphatic carbocycles. The van der Waals surface area contributed by atoms with Crippen LogP contribution >= 0.6 is 0 Å². The van der Waals surface area contributed by atoms with Crippen molar-refractivity contribution >= 4 is 17.7 Å². The minimum Gasteiger partial charge on any atom is -0.452 e. The molecule has 2 aromatic heterocycles. The van der Waals surface area contributed by atoms with Gasteiger partial charge in [0.05, 0.1) is 30.6 Å². The Bertz CT molecular complexity index is 1270. The number of methoxy groups -OCH3 is 1. The van der Waals surface area contributed by atoms with Gasteiger partial charge in [0, 0.05) is 41.2 Å². The van der Waals surface area contributed by atoms with Crippen molar-refractivity contribution in [1.82, 2.24) is 20.1 Å². The Hall–Kier alpha value is -3.92. The molecule has 10 nitrogen and oxygen atoms in total. The number of nitrogens with zero attached hydrogens (tertiary/aromatic N) is 4. The first-order valence-electron chi connectivity index (χ1n) is 12.2. The Kier molecular flexibility index (Phi) is 6.60. The average Bonchev–Trinajstić information content (AvgIpc) is 3.39. The summed E-state index contributed by atoms with van der Waals surface area (Å²) in [6.07, 6.45) is 8.41. The zero-order chi connectivity index (χ0) is 25.2. The van der Waals surface area contributed by atoms with E-state index in [1.807, 2.05) is 29.9 Å². The van der Waals surface area contributed by atoms with Crippen LogP contribution in [0.2, 0.25) is 0 Å². The van der Waals surface area contributed by atoms with Crippen LogP contribution in [0.5, 0.6) is 11.6 Å². The van der Waals surface area contributed by atoms with Crippen molar-refractivity contribution in [2.45, 2.75) is 44.7 Å². The topological polar surface area (TPSA) is 125 Å². The Morgan fingerprint density at radius 1 is 1.11 bits per heavy atom. The van der Waals surface area contributed by atoms with E-state index in [4.69, 9.17) is 15.2 Å². The number of carbonyl (C=O) groups is 2. The third-order valence-corrected chi connectivity index (χ3v) is 6.94. The highest BCUT2D eigenvalue weighted by Gasteiger charge is 2.32. The molecule has 1 aromatic carbocycles. The molecule has 3 aromatic rings. The molecule has 0 spiro atoms. The van der Waals surface area contributed by atoms with Gasteiger partial charge in [-0.2, -0.15) is 5.10 Å². The summed E-state index contributed by atoms with van der Waals surface area (Å²) in [5, 5.41) is 8.04. The summed E-state index contributed by atoms with van der Waals surface area (Å²) in [5.74, 6) is 0.376. The lowest BCUT2D eigenvalue weighted by Crippen LogP contribution is -2.42. The number of ether oxygens (including phenoxy) is 2. The number of rotatable bonds is 5. The van der Waals surface area contributed by atoms with E-state index in [-0.39, 0.29) is 6.04 Å². The number of pyridine rings is 1. The van der Waals surface area contributed by atoms with Crippen LogP contribution < -0.4 is 20.7 Å². The Morgan fingerprint density at radius 3 is 2.61 bits per heavy atom. The molecule has 1 fully saturated rings. The molecule has 3 N–H and O–H groups in total. The molecule has 0 saturated carbocycles. The van der Waals surface area contributed by atoms with Crippen molar-refractivity contribution in [3.05, 3.63) is 54.0 Å². The number of benzene rings is 1.